The van der Waals surface area contributed by atoms with Gasteiger partial charge in [0.15, 0.2) is 0 Å². The highest BCUT2D eigenvalue weighted by atomic mass is 15.3. The van der Waals surface area contributed by atoms with Crippen molar-refractivity contribution in [2.45, 2.75) is 59.2 Å². The number of piperazine rings is 1. The molecule has 0 aromatic carbocycles. The maximum atomic E-state index is 2.73. The molecular formula is C16H33N3. The highest BCUT2D eigenvalue weighted by molar-refractivity contribution is 4.85. The van der Waals surface area contributed by atoms with Gasteiger partial charge in [0.05, 0.1) is 0 Å². The minimum Gasteiger partial charge on any atom is -0.301 e. The van der Waals surface area contributed by atoms with E-state index in [9.17, 15) is 0 Å². The third-order valence-electron chi connectivity index (χ3n) is 5.07. The normalized spacial score (nSPS) is 31.7. The summed E-state index contributed by atoms with van der Waals surface area (Å²) in [6.07, 6.45) is 1.40. The van der Waals surface area contributed by atoms with E-state index in [-0.39, 0.29) is 0 Å². The van der Waals surface area contributed by atoms with Crippen molar-refractivity contribution in [1.82, 2.24) is 14.7 Å². The molecular weight excluding hydrogens is 234 g/mol. The van der Waals surface area contributed by atoms with Gasteiger partial charge < -0.3 is 4.90 Å². The largest absolute Gasteiger partial charge is 0.301 e. The van der Waals surface area contributed by atoms with Crippen molar-refractivity contribution in [3.63, 3.8) is 0 Å². The fraction of sp³-hybridized carbons (Fsp3) is 1.00. The second kappa shape index (κ2) is 6.55. The van der Waals surface area contributed by atoms with Gasteiger partial charge in [-0.15, -0.1) is 0 Å². The molecule has 0 aromatic rings. The first-order valence-electron chi connectivity index (χ1n) is 8.19. The SMILES string of the molecule is CC(C)N1CC[C@@H](CN2CCN(C(C)C)C[C@H]2C)C1. The summed E-state index contributed by atoms with van der Waals surface area (Å²) in [5.74, 6) is 0.899. The second-order valence-corrected chi connectivity index (χ2v) is 7.18. The fourth-order valence-corrected chi connectivity index (χ4v) is 3.58. The Bertz CT molecular complexity index is 277. The first-order valence-corrected chi connectivity index (χ1v) is 8.19. The van der Waals surface area contributed by atoms with Crippen molar-refractivity contribution >= 4 is 0 Å². The lowest BCUT2D eigenvalue weighted by molar-refractivity contribution is 0.0543. The second-order valence-electron chi connectivity index (χ2n) is 7.18. The van der Waals surface area contributed by atoms with E-state index >= 15 is 0 Å². The van der Waals surface area contributed by atoms with Crippen molar-refractivity contribution in [3.8, 4) is 0 Å². The van der Waals surface area contributed by atoms with Crippen molar-refractivity contribution in [2.24, 2.45) is 5.92 Å². The van der Waals surface area contributed by atoms with Gasteiger partial charge in [-0.3, -0.25) is 9.80 Å². The van der Waals surface area contributed by atoms with E-state index in [1.807, 2.05) is 0 Å². The first-order chi connectivity index (χ1) is 8.97. The molecule has 2 aliphatic heterocycles. The Morgan fingerprint density at radius 3 is 2.05 bits per heavy atom. The van der Waals surface area contributed by atoms with Crippen LogP contribution in [0.1, 0.15) is 41.0 Å². The van der Waals surface area contributed by atoms with Crippen LogP contribution >= 0.6 is 0 Å². The molecule has 3 nitrogen and oxygen atoms in total. The molecule has 0 aromatic heterocycles. The molecule has 0 saturated carbocycles. The molecule has 0 unspecified atom stereocenters. The summed E-state index contributed by atoms with van der Waals surface area (Å²) in [7, 11) is 0. The summed E-state index contributed by atoms with van der Waals surface area (Å²) in [6.45, 7) is 19.4. The zero-order valence-electron chi connectivity index (χ0n) is 13.6. The standard InChI is InChI=1S/C16H33N3/c1-13(2)17-7-6-16(11-17)12-19-9-8-18(14(3)4)10-15(19)5/h13-16H,6-12H2,1-5H3/t15-,16-/m1/s1. The van der Waals surface area contributed by atoms with E-state index < -0.39 is 0 Å². The minimum atomic E-state index is 0.701. The number of rotatable bonds is 4. The Morgan fingerprint density at radius 1 is 0.895 bits per heavy atom. The Hall–Kier alpha value is -0.120. The van der Waals surface area contributed by atoms with Gasteiger partial charge in [-0.25, -0.2) is 0 Å². The van der Waals surface area contributed by atoms with Crippen LogP contribution in [0.4, 0.5) is 0 Å². The van der Waals surface area contributed by atoms with Gasteiger partial charge in [-0.2, -0.15) is 0 Å². The van der Waals surface area contributed by atoms with Gasteiger partial charge in [0.25, 0.3) is 0 Å². The van der Waals surface area contributed by atoms with Crippen LogP contribution in [0, 0.1) is 5.92 Å². The minimum absolute atomic E-state index is 0.701. The Morgan fingerprint density at radius 2 is 1.53 bits per heavy atom. The lowest BCUT2D eigenvalue weighted by atomic mass is 10.1. The molecule has 112 valence electrons. The van der Waals surface area contributed by atoms with Gasteiger partial charge in [0.1, 0.15) is 0 Å². The van der Waals surface area contributed by atoms with Crippen molar-refractivity contribution < 1.29 is 0 Å². The van der Waals surface area contributed by atoms with Crippen LogP contribution in [-0.4, -0.2) is 72.1 Å². The van der Waals surface area contributed by atoms with E-state index in [0.717, 1.165) is 18.0 Å². The van der Waals surface area contributed by atoms with E-state index in [2.05, 4.69) is 49.3 Å². The van der Waals surface area contributed by atoms with Gasteiger partial charge in [-0.1, -0.05) is 0 Å². The van der Waals surface area contributed by atoms with Crippen LogP contribution in [0.2, 0.25) is 0 Å². The number of hydrogen-bond donors (Lipinski definition) is 0. The van der Waals surface area contributed by atoms with Gasteiger partial charge in [-0.05, 0) is 53.5 Å². The molecule has 0 bridgehead atoms. The van der Waals surface area contributed by atoms with Crippen LogP contribution < -0.4 is 0 Å². The fourth-order valence-electron chi connectivity index (χ4n) is 3.58. The van der Waals surface area contributed by atoms with Crippen LogP contribution in [-0.2, 0) is 0 Å². The molecule has 2 rings (SSSR count). The predicted molar refractivity (Wildman–Crippen MR) is 82.6 cm³/mol. The quantitative estimate of drug-likeness (QED) is 0.772. The van der Waals surface area contributed by atoms with Crippen molar-refractivity contribution in [3.05, 3.63) is 0 Å². The lowest BCUT2D eigenvalue weighted by Gasteiger charge is -2.42. The predicted octanol–water partition coefficient (Wildman–Crippen LogP) is 2.13. The van der Waals surface area contributed by atoms with Crippen LogP contribution in [0.3, 0.4) is 0 Å². The summed E-state index contributed by atoms with van der Waals surface area (Å²) in [6, 6.07) is 2.15. The molecule has 0 aliphatic carbocycles. The van der Waals surface area contributed by atoms with Gasteiger partial charge in [0.2, 0.25) is 0 Å². The topological polar surface area (TPSA) is 9.72 Å². The maximum Gasteiger partial charge on any atom is 0.0195 e. The van der Waals surface area contributed by atoms with E-state index in [0.29, 0.717) is 6.04 Å². The molecule has 2 saturated heterocycles. The average Bonchev–Trinajstić information content (AvgIpc) is 2.80. The molecule has 0 radical (unpaired) electrons. The smallest absolute Gasteiger partial charge is 0.0195 e. The van der Waals surface area contributed by atoms with E-state index in [1.54, 1.807) is 0 Å². The zero-order chi connectivity index (χ0) is 14.0. The molecule has 2 atom stereocenters. The van der Waals surface area contributed by atoms with E-state index in [4.69, 9.17) is 0 Å². The highest BCUT2D eigenvalue weighted by Crippen LogP contribution is 2.22. The Balaban J connectivity index is 1.78. The van der Waals surface area contributed by atoms with Crippen molar-refractivity contribution in [1.29, 1.82) is 0 Å². The van der Waals surface area contributed by atoms with E-state index in [1.165, 1.54) is 45.7 Å². The monoisotopic (exact) mass is 267 g/mol. The first kappa shape index (κ1) is 15.3. The van der Waals surface area contributed by atoms with Crippen LogP contribution in [0.15, 0.2) is 0 Å². The number of likely N-dealkylation sites (tertiary alicyclic amines) is 1. The van der Waals surface area contributed by atoms with Crippen LogP contribution in [0.25, 0.3) is 0 Å². The number of hydrogen-bond acceptors (Lipinski definition) is 3. The summed E-state index contributed by atoms with van der Waals surface area (Å²) < 4.78 is 0. The lowest BCUT2D eigenvalue weighted by Crippen LogP contribution is -2.54. The Kier molecular flexibility index (Phi) is 5.27. The van der Waals surface area contributed by atoms with Gasteiger partial charge in [0, 0.05) is 50.8 Å². The third kappa shape index (κ3) is 3.93. The van der Waals surface area contributed by atoms with Crippen LogP contribution in [0.5, 0.6) is 0 Å². The molecule has 19 heavy (non-hydrogen) atoms. The highest BCUT2D eigenvalue weighted by Gasteiger charge is 2.30. The third-order valence-corrected chi connectivity index (χ3v) is 5.07. The average molecular weight is 267 g/mol. The summed E-state index contributed by atoms with van der Waals surface area (Å²) in [4.78, 5) is 7.99. The van der Waals surface area contributed by atoms with Crippen molar-refractivity contribution in [2.75, 3.05) is 39.3 Å². The zero-order valence-corrected chi connectivity index (χ0v) is 13.6. The molecule has 3 heteroatoms. The summed E-state index contributed by atoms with van der Waals surface area (Å²) >= 11 is 0. The molecule has 0 N–H and O–H groups in total. The molecule has 0 amide bonds. The molecule has 2 fully saturated rings. The molecule has 2 aliphatic rings. The molecule has 2 heterocycles. The maximum absolute atomic E-state index is 2.73. The summed E-state index contributed by atoms with van der Waals surface area (Å²) in [5, 5.41) is 0. The Labute approximate surface area is 119 Å². The molecule has 0 spiro atoms. The van der Waals surface area contributed by atoms with Gasteiger partial charge >= 0.3 is 0 Å². The summed E-state index contributed by atoms with van der Waals surface area (Å²) in [5.41, 5.74) is 0. The number of nitrogens with zero attached hydrogens (tertiary/aromatic N) is 3.